The van der Waals surface area contributed by atoms with Gasteiger partial charge >= 0.3 is 5.97 Å². The lowest BCUT2D eigenvalue weighted by molar-refractivity contribution is -0.123. The molecular formula is C22H27NO5. The number of esters is 1. The van der Waals surface area contributed by atoms with Crippen molar-refractivity contribution in [2.24, 2.45) is 5.92 Å². The molecule has 0 saturated carbocycles. The Bertz CT molecular complexity index is 831. The fraction of sp³-hybridized carbons (Fsp3) is 0.364. The van der Waals surface area contributed by atoms with Crippen LogP contribution in [-0.4, -0.2) is 31.7 Å². The van der Waals surface area contributed by atoms with Crippen LogP contribution in [0.25, 0.3) is 0 Å². The molecule has 1 amide bonds. The van der Waals surface area contributed by atoms with Gasteiger partial charge in [0.25, 0.3) is 5.91 Å². The summed E-state index contributed by atoms with van der Waals surface area (Å²) in [6, 6.07) is 12.2. The van der Waals surface area contributed by atoms with Crippen LogP contribution in [0, 0.1) is 12.8 Å². The lowest BCUT2D eigenvalue weighted by Gasteiger charge is -2.16. The molecule has 0 aliphatic carbocycles. The van der Waals surface area contributed by atoms with Crippen LogP contribution in [0.4, 0.5) is 5.69 Å². The van der Waals surface area contributed by atoms with Crippen molar-refractivity contribution in [1.82, 2.24) is 0 Å². The highest BCUT2D eigenvalue weighted by molar-refractivity contribution is 5.98. The van der Waals surface area contributed by atoms with Gasteiger partial charge in [0.05, 0.1) is 25.0 Å². The average molecular weight is 385 g/mol. The molecule has 0 saturated heterocycles. The summed E-state index contributed by atoms with van der Waals surface area (Å²) in [6.07, 6.45) is -0.974. The van der Waals surface area contributed by atoms with E-state index >= 15 is 0 Å². The summed E-state index contributed by atoms with van der Waals surface area (Å²) in [5, 5.41) is 2.74. The molecule has 0 unspecified atom stereocenters. The van der Waals surface area contributed by atoms with Crippen LogP contribution >= 0.6 is 0 Å². The number of aryl methyl sites for hydroxylation is 1. The van der Waals surface area contributed by atoms with Crippen LogP contribution in [0.5, 0.6) is 11.5 Å². The molecule has 1 atom stereocenters. The number of nitrogens with one attached hydrogen (secondary N) is 1. The van der Waals surface area contributed by atoms with Gasteiger partial charge in [0.1, 0.15) is 11.5 Å². The summed E-state index contributed by atoms with van der Waals surface area (Å²) in [7, 11) is 1.53. The van der Waals surface area contributed by atoms with Crippen LogP contribution in [0.3, 0.4) is 0 Å². The molecule has 150 valence electrons. The molecule has 0 aromatic heterocycles. The number of hydrogen-bond acceptors (Lipinski definition) is 5. The third kappa shape index (κ3) is 6.01. The first-order valence-corrected chi connectivity index (χ1v) is 9.19. The Kier molecular flexibility index (Phi) is 7.44. The van der Waals surface area contributed by atoms with E-state index in [0.717, 1.165) is 5.56 Å². The van der Waals surface area contributed by atoms with E-state index in [4.69, 9.17) is 14.2 Å². The number of amides is 1. The van der Waals surface area contributed by atoms with Gasteiger partial charge in [-0.15, -0.1) is 0 Å². The monoisotopic (exact) mass is 385 g/mol. The van der Waals surface area contributed by atoms with E-state index in [0.29, 0.717) is 35.3 Å². The Morgan fingerprint density at radius 2 is 1.82 bits per heavy atom. The number of rotatable bonds is 8. The number of ether oxygens (including phenoxy) is 3. The van der Waals surface area contributed by atoms with Crippen molar-refractivity contribution in [3.05, 3.63) is 53.6 Å². The van der Waals surface area contributed by atoms with E-state index < -0.39 is 18.0 Å². The molecule has 0 bridgehead atoms. The predicted molar refractivity (Wildman–Crippen MR) is 108 cm³/mol. The first-order valence-electron chi connectivity index (χ1n) is 9.19. The molecule has 6 nitrogen and oxygen atoms in total. The molecule has 2 aromatic rings. The molecule has 0 aliphatic heterocycles. The topological polar surface area (TPSA) is 73.9 Å². The Labute approximate surface area is 165 Å². The van der Waals surface area contributed by atoms with Gasteiger partial charge in [0, 0.05) is 0 Å². The SMILES string of the molecule is COc1ccc(C)cc1NC(=O)[C@H](C)OC(=O)c1cccc(OCC(C)C)c1. The number of anilines is 1. The van der Waals surface area contributed by atoms with E-state index in [-0.39, 0.29) is 0 Å². The number of carbonyl (C=O) groups is 2. The molecule has 1 N–H and O–H groups in total. The Morgan fingerprint density at radius 1 is 1.07 bits per heavy atom. The van der Waals surface area contributed by atoms with Gasteiger partial charge in [-0.3, -0.25) is 4.79 Å². The van der Waals surface area contributed by atoms with Crippen LogP contribution in [0.1, 0.15) is 36.7 Å². The summed E-state index contributed by atoms with van der Waals surface area (Å²) in [4.78, 5) is 24.8. The molecule has 0 spiro atoms. The highest BCUT2D eigenvalue weighted by Gasteiger charge is 2.20. The lowest BCUT2D eigenvalue weighted by Crippen LogP contribution is -2.30. The summed E-state index contributed by atoms with van der Waals surface area (Å²) < 4.78 is 16.2. The van der Waals surface area contributed by atoms with Crippen molar-refractivity contribution in [2.45, 2.75) is 33.8 Å². The van der Waals surface area contributed by atoms with E-state index in [1.165, 1.54) is 14.0 Å². The van der Waals surface area contributed by atoms with Gasteiger partial charge in [0.15, 0.2) is 6.10 Å². The van der Waals surface area contributed by atoms with Gasteiger partial charge in [-0.2, -0.15) is 0 Å². The smallest absolute Gasteiger partial charge is 0.339 e. The first-order chi connectivity index (χ1) is 13.3. The maximum Gasteiger partial charge on any atom is 0.339 e. The van der Waals surface area contributed by atoms with Crippen molar-refractivity contribution in [2.75, 3.05) is 19.0 Å². The second-order valence-electron chi connectivity index (χ2n) is 6.97. The average Bonchev–Trinajstić information content (AvgIpc) is 2.66. The summed E-state index contributed by atoms with van der Waals surface area (Å²) >= 11 is 0. The first kappa shape index (κ1) is 21.3. The van der Waals surface area contributed by atoms with Gasteiger partial charge < -0.3 is 19.5 Å². The Morgan fingerprint density at radius 3 is 2.50 bits per heavy atom. The van der Waals surface area contributed by atoms with Gasteiger partial charge in [0.2, 0.25) is 0 Å². The summed E-state index contributed by atoms with van der Waals surface area (Å²) in [5.74, 6) is 0.466. The van der Waals surface area contributed by atoms with Crippen molar-refractivity contribution >= 4 is 17.6 Å². The summed E-state index contributed by atoms with van der Waals surface area (Å²) in [6.45, 7) is 8.07. The second-order valence-corrected chi connectivity index (χ2v) is 6.97. The highest BCUT2D eigenvalue weighted by atomic mass is 16.5. The molecular weight excluding hydrogens is 358 g/mol. The molecule has 28 heavy (non-hydrogen) atoms. The highest BCUT2D eigenvalue weighted by Crippen LogP contribution is 2.25. The maximum absolute atomic E-state index is 12.4. The summed E-state index contributed by atoms with van der Waals surface area (Å²) in [5.41, 5.74) is 1.83. The van der Waals surface area contributed by atoms with E-state index in [2.05, 4.69) is 5.32 Å². The zero-order valence-corrected chi connectivity index (χ0v) is 16.9. The molecule has 2 rings (SSSR count). The van der Waals surface area contributed by atoms with E-state index in [1.54, 1.807) is 36.4 Å². The van der Waals surface area contributed by atoms with Crippen LogP contribution < -0.4 is 14.8 Å². The number of benzene rings is 2. The number of carbonyl (C=O) groups excluding carboxylic acids is 2. The third-order valence-corrected chi connectivity index (χ3v) is 3.92. The van der Waals surface area contributed by atoms with Crippen LogP contribution in [-0.2, 0) is 9.53 Å². The van der Waals surface area contributed by atoms with E-state index in [9.17, 15) is 9.59 Å². The third-order valence-electron chi connectivity index (χ3n) is 3.92. The normalized spacial score (nSPS) is 11.6. The van der Waals surface area contributed by atoms with Crippen molar-refractivity contribution < 1.29 is 23.8 Å². The minimum Gasteiger partial charge on any atom is -0.495 e. The zero-order chi connectivity index (χ0) is 20.7. The number of hydrogen-bond donors (Lipinski definition) is 1. The fourth-order valence-corrected chi connectivity index (χ4v) is 2.41. The van der Waals surface area contributed by atoms with Gasteiger partial charge in [-0.05, 0) is 55.7 Å². The number of methoxy groups -OCH3 is 1. The quantitative estimate of drug-likeness (QED) is 0.689. The van der Waals surface area contributed by atoms with Gasteiger partial charge in [-0.25, -0.2) is 4.79 Å². The Hall–Kier alpha value is -3.02. The molecule has 0 aliphatic rings. The van der Waals surface area contributed by atoms with Crippen LogP contribution in [0.15, 0.2) is 42.5 Å². The molecule has 0 fully saturated rings. The van der Waals surface area contributed by atoms with Crippen molar-refractivity contribution in [1.29, 1.82) is 0 Å². The minimum atomic E-state index is -0.974. The molecule has 6 heteroatoms. The minimum absolute atomic E-state index is 0.328. The van der Waals surface area contributed by atoms with Crippen molar-refractivity contribution in [3.63, 3.8) is 0 Å². The maximum atomic E-state index is 12.4. The fourth-order valence-electron chi connectivity index (χ4n) is 2.41. The molecule has 0 heterocycles. The van der Waals surface area contributed by atoms with E-state index in [1.807, 2.05) is 26.8 Å². The second kappa shape index (κ2) is 9.78. The predicted octanol–water partition coefficient (Wildman–Crippen LogP) is 4.22. The molecule has 2 aromatic carbocycles. The zero-order valence-electron chi connectivity index (χ0n) is 16.9. The lowest BCUT2D eigenvalue weighted by atomic mass is 10.2. The molecule has 0 radical (unpaired) electrons. The Balaban J connectivity index is 2.01. The standard InChI is InChI=1S/C22H27NO5/c1-14(2)13-27-18-8-6-7-17(12-18)22(25)28-16(4)21(24)23-19-11-15(3)9-10-20(19)26-5/h6-12,14,16H,13H2,1-5H3,(H,23,24)/t16-/m0/s1. The largest absolute Gasteiger partial charge is 0.495 e. The van der Waals surface area contributed by atoms with Crippen LogP contribution in [0.2, 0.25) is 0 Å². The van der Waals surface area contributed by atoms with Crippen molar-refractivity contribution in [3.8, 4) is 11.5 Å². The van der Waals surface area contributed by atoms with Gasteiger partial charge in [-0.1, -0.05) is 26.0 Å².